The van der Waals surface area contributed by atoms with Gasteiger partial charge in [0.1, 0.15) is 0 Å². The summed E-state index contributed by atoms with van der Waals surface area (Å²) in [7, 11) is -3.52. The van der Waals surface area contributed by atoms with Crippen LogP contribution in [0.1, 0.15) is 10.4 Å². The molecule has 1 aromatic heterocycles. The van der Waals surface area contributed by atoms with Crippen molar-refractivity contribution in [2.45, 2.75) is 0 Å². The number of rotatable bonds is 4. The van der Waals surface area contributed by atoms with Crippen molar-refractivity contribution in [3.8, 4) is 11.3 Å². The Labute approximate surface area is 202 Å². The Morgan fingerprint density at radius 1 is 1.00 bits per heavy atom. The number of hydrogen-bond donors (Lipinski definition) is 1. The molecular weight excluding hydrogens is 474 g/mol. The van der Waals surface area contributed by atoms with Crippen LogP contribution in [0.4, 0.5) is 11.4 Å². The normalized spacial score (nSPS) is 15.3. The van der Waals surface area contributed by atoms with Gasteiger partial charge < -0.3 is 10.1 Å². The van der Waals surface area contributed by atoms with E-state index in [1.165, 1.54) is 4.31 Å². The van der Waals surface area contributed by atoms with E-state index < -0.39 is 10.0 Å². The van der Waals surface area contributed by atoms with Gasteiger partial charge in [-0.05, 0) is 54.6 Å². The number of carbonyl (C=O) groups excluding carboxylic acids is 1. The van der Waals surface area contributed by atoms with Gasteiger partial charge in [0, 0.05) is 22.2 Å². The molecule has 5 rings (SSSR count). The third kappa shape index (κ3) is 4.48. The Morgan fingerprint density at radius 3 is 2.59 bits per heavy atom. The quantitative estimate of drug-likeness (QED) is 0.435. The number of hydrogen-bond acceptors (Lipinski definition) is 5. The van der Waals surface area contributed by atoms with Crippen LogP contribution < -0.4 is 9.62 Å². The number of nitrogens with one attached hydrogen (secondary N) is 1. The number of nitrogens with zero attached hydrogens (tertiary/aromatic N) is 2. The lowest BCUT2D eigenvalue weighted by atomic mass is 10.1. The van der Waals surface area contributed by atoms with Crippen LogP contribution in [0.5, 0.6) is 0 Å². The van der Waals surface area contributed by atoms with Gasteiger partial charge in [0.25, 0.3) is 15.9 Å². The zero-order chi connectivity index (χ0) is 23.7. The standard InChI is InChI=1S/C25H20ClN3O4S/c26-22-11-8-19(15-21(22)24-12-7-17-3-1-2-4-23(17)28-24)27-25(30)18-5-9-20(10-6-18)29-13-14-33-16-34(29,31)32/h1-12,15H,13-14,16H2,(H,27,30). The number of sulfonamides is 1. The van der Waals surface area contributed by atoms with E-state index in [-0.39, 0.29) is 18.4 Å². The van der Waals surface area contributed by atoms with Crippen molar-refractivity contribution in [2.24, 2.45) is 0 Å². The highest BCUT2D eigenvalue weighted by Gasteiger charge is 2.26. The molecule has 0 radical (unpaired) electrons. The second-order valence-corrected chi connectivity index (χ2v) is 10.0. The number of pyridine rings is 1. The van der Waals surface area contributed by atoms with Crippen molar-refractivity contribution in [3.63, 3.8) is 0 Å². The number of fused-ring (bicyclic) bond motifs is 1. The summed E-state index contributed by atoms with van der Waals surface area (Å²) < 4.78 is 30.7. The SMILES string of the molecule is O=C(Nc1ccc(Cl)c(-c2ccc3ccccc3n2)c1)c1ccc(N2CCOCS2(=O)=O)cc1. The van der Waals surface area contributed by atoms with E-state index in [0.29, 0.717) is 39.8 Å². The third-order valence-electron chi connectivity index (χ3n) is 5.52. The number of amides is 1. The minimum atomic E-state index is -3.52. The van der Waals surface area contributed by atoms with Gasteiger partial charge in [0.2, 0.25) is 0 Å². The number of para-hydroxylation sites is 1. The van der Waals surface area contributed by atoms with Crippen LogP contribution in [-0.4, -0.2) is 38.4 Å². The molecule has 1 fully saturated rings. The molecule has 0 spiro atoms. The minimum absolute atomic E-state index is 0.240. The lowest BCUT2D eigenvalue weighted by Crippen LogP contribution is -2.41. The van der Waals surface area contributed by atoms with Gasteiger partial charge in [-0.15, -0.1) is 0 Å². The number of benzene rings is 3. The predicted molar refractivity (Wildman–Crippen MR) is 134 cm³/mol. The second kappa shape index (κ2) is 9.06. The Hall–Kier alpha value is -3.46. The molecule has 172 valence electrons. The van der Waals surface area contributed by atoms with E-state index in [1.54, 1.807) is 42.5 Å². The summed E-state index contributed by atoms with van der Waals surface area (Å²) in [6.45, 7) is 0.566. The predicted octanol–water partition coefficient (Wildman–Crippen LogP) is 4.93. The summed E-state index contributed by atoms with van der Waals surface area (Å²) in [5, 5.41) is 4.42. The van der Waals surface area contributed by atoms with Crippen molar-refractivity contribution in [1.29, 1.82) is 0 Å². The zero-order valence-corrected chi connectivity index (χ0v) is 19.5. The highest BCUT2D eigenvalue weighted by molar-refractivity contribution is 7.92. The van der Waals surface area contributed by atoms with Crippen LogP contribution in [0.15, 0.2) is 78.9 Å². The largest absolute Gasteiger partial charge is 0.362 e. The van der Waals surface area contributed by atoms with Crippen LogP contribution in [0.3, 0.4) is 0 Å². The molecular formula is C25H20ClN3O4S. The van der Waals surface area contributed by atoms with E-state index in [1.807, 2.05) is 36.4 Å². The molecule has 3 aromatic carbocycles. The number of carbonyl (C=O) groups is 1. The third-order valence-corrected chi connectivity index (χ3v) is 7.38. The van der Waals surface area contributed by atoms with Crippen LogP contribution >= 0.6 is 11.6 Å². The van der Waals surface area contributed by atoms with Gasteiger partial charge in [-0.25, -0.2) is 13.4 Å². The van der Waals surface area contributed by atoms with Gasteiger partial charge >= 0.3 is 0 Å². The molecule has 0 saturated carbocycles. The van der Waals surface area contributed by atoms with Gasteiger partial charge in [0.15, 0.2) is 5.94 Å². The number of ether oxygens (including phenoxy) is 1. The van der Waals surface area contributed by atoms with Gasteiger partial charge in [0.05, 0.1) is 35.1 Å². The van der Waals surface area contributed by atoms with Gasteiger partial charge in [-0.2, -0.15) is 0 Å². The second-order valence-electron chi connectivity index (χ2n) is 7.79. The zero-order valence-electron chi connectivity index (χ0n) is 17.9. The average molecular weight is 494 g/mol. The number of halogens is 1. The maximum absolute atomic E-state index is 12.8. The summed E-state index contributed by atoms with van der Waals surface area (Å²) in [5.41, 5.74) is 3.73. The van der Waals surface area contributed by atoms with Gasteiger partial charge in [-0.3, -0.25) is 9.10 Å². The van der Waals surface area contributed by atoms with Crippen LogP contribution in [0.2, 0.25) is 5.02 Å². The Morgan fingerprint density at radius 2 is 1.79 bits per heavy atom. The fourth-order valence-corrected chi connectivity index (χ4v) is 5.27. The molecule has 1 aliphatic heterocycles. The summed E-state index contributed by atoms with van der Waals surface area (Å²) in [6, 6.07) is 23.3. The van der Waals surface area contributed by atoms with Gasteiger partial charge in [-0.1, -0.05) is 35.9 Å². The van der Waals surface area contributed by atoms with Crippen molar-refractivity contribution in [3.05, 3.63) is 89.4 Å². The number of aromatic nitrogens is 1. The molecule has 9 heteroatoms. The highest BCUT2D eigenvalue weighted by atomic mass is 35.5. The fourth-order valence-electron chi connectivity index (χ4n) is 3.80. The van der Waals surface area contributed by atoms with E-state index in [4.69, 9.17) is 21.3 Å². The smallest absolute Gasteiger partial charge is 0.259 e. The first-order valence-corrected chi connectivity index (χ1v) is 12.5. The molecule has 0 atom stereocenters. The topological polar surface area (TPSA) is 88.6 Å². The van der Waals surface area contributed by atoms with E-state index in [9.17, 15) is 13.2 Å². The van der Waals surface area contributed by atoms with Crippen LogP contribution in [-0.2, 0) is 14.8 Å². The van der Waals surface area contributed by atoms with Crippen molar-refractivity contribution < 1.29 is 17.9 Å². The maximum Gasteiger partial charge on any atom is 0.259 e. The molecule has 2 heterocycles. The summed E-state index contributed by atoms with van der Waals surface area (Å²) in [6.07, 6.45) is 0. The first-order chi connectivity index (χ1) is 16.4. The lowest BCUT2D eigenvalue weighted by molar-refractivity contribution is 0.102. The molecule has 4 aromatic rings. The summed E-state index contributed by atoms with van der Waals surface area (Å²) in [5.74, 6) is -0.670. The first kappa shape index (κ1) is 22.3. The van der Waals surface area contributed by atoms with Crippen molar-refractivity contribution in [1.82, 2.24) is 4.98 Å². The molecule has 34 heavy (non-hydrogen) atoms. The molecule has 0 bridgehead atoms. The summed E-state index contributed by atoms with van der Waals surface area (Å²) >= 11 is 6.43. The van der Waals surface area contributed by atoms with Crippen molar-refractivity contribution in [2.75, 3.05) is 28.7 Å². The molecule has 1 N–H and O–H groups in total. The van der Waals surface area contributed by atoms with E-state index in [2.05, 4.69) is 5.32 Å². The van der Waals surface area contributed by atoms with Crippen LogP contribution in [0.25, 0.3) is 22.2 Å². The molecule has 7 nitrogen and oxygen atoms in total. The average Bonchev–Trinajstić information content (AvgIpc) is 2.85. The van der Waals surface area contributed by atoms with Crippen LogP contribution in [0, 0.1) is 0 Å². The summed E-state index contributed by atoms with van der Waals surface area (Å²) in [4.78, 5) is 17.5. The molecule has 1 saturated heterocycles. The highest BCUT2D eigenvalue weighted by Crippen LogP contribution is 2.31. The lowest BCUT2D eigenvalue weighted by Gasteiger charge is -2.28. The Bertz CT molecular complexity index is 1490. The molecule has 1 amide bonds. The molecule has 0 aliphatic carbocycles. The monoisotopic (exact) mass is 493 g/mol. The maximum atomic E-state index is 12.8. The fraction of sp³-hybridized carbons (Fsp3) is 0.120. The first-order valence-electron chi connectivity index (χ1n) is 10.6. The Balaban J connectivity index is 1.36. The van der Waals surface area contributed by atoms with E-state index in [0.717, 1.165) is 10.9 Å². The minimum Gasteiger partial charge on any atom is -0.362 e. The molecule has 0 unspecified atom stereocenters. The molecule has 1 aliphatic rings. The number of anilines is 2. The van der Waals surface area contributed by atoms with Crippen molar-refractivity contribution >= 4 is 49.8 Å². The van der Waals surface area contributed by atoms with E-state index >= 15 is 0 Å². The Kier molecular flexibility index (Phi) is 5.95.